The number of benzene rings is 3. The van der Waals surface area contributed by atoms with Crippen LogP contribution in [-0.4, -0.2) is 18.0 Å². The lowest BCUT2D eigenvalue weighted by Gasteiger charge is -2.13. The first-order valence-electron chi connectivity index (χ1n) is 7.27. The first-order chi connectivity index (χ1) is 11.2. The fourth-order valence-electron chi connectivity index (χ4n) is 2.57. The fourth-order valence-corrected chi connectivity index (χ4v) is 2.57. The van der Waals surface area contributed by atoms with Gasteiger partial charge < -0.3 is 9.84 Å². The van der Waals surface area contributed by atoms with Crippen LogP contribution >= 0.6 is 0 Å². The number of ether oxygens (including phenoxy) is 1. The predicted molar refractivity (Wildman–Crippen MR) is 90.0 cm³/mol. The Bertz CT molecular complexity index is 839. The van der Waals surface area contributed by atoms with Crippen molar-refractivity contribution in [3.05, 3.63) is 83.9 Å². The Kier molecular flexibility index (Phi) is 4.11. The van der Waals surface area contributed by atoms with Crippen molar-refractivity contribution in [1.82, 2.24) is 0 Å². The maximum atomic E-state index is 12.8. The van der Waals surface area contributed by atoms with Crippen LogP contribution in [0.3, 0.4) is 0 Å². The molecule has 0 unspecified atom stereocenters. The number of methoxy groups -OCH3 is 1. The second-order valence-electron chi connectivity index (χ2n) is 5.13. The largest absolute Gasteiger partial charge is 0.508 e. The molecule has 114 valence electrons. The summed E-state index contributed by atoms with van der Waals surface area (Å²) in [6.07, 6.45) is 0. The van der Waals surface area contributed by atoms with Crippen LogP contribution < -0.4 is 4.74 Å². The summed E-state index contributed by atoms with van der Waals surface area (Å²) < 4.78 is 5.39. The molecule has 0 saturated heterocycles. The van der Waals surface area contributed by atoms with Crippen LogP contribution in [0.25, 0.3) is 11.1 Å². The van der Waals surface area contributed by atoms with E-state index < -0.39 is 0 Å². The van der Waals surface area contributed by atoms with Gasteiger partial charge in [-0.05, 0) is 24.3 Å². The molecule has 0 bridgehead atoms. The van der Waals surface area contributed by atoms with Crippen LogP contribution in [0.15, 0.2) is 72.8 Å². The zero-order valence-electron chi connectivity index (χ0n) is 12.7. The number of rotatable bonds is 4. The van der Waals surface area contributed by atoms with Gasteiger partial charge in [0.05, 0.1) is 7.11 Å². The van der Waals surface area contributed by atoms with E-state index in [-0.39, 0.29) is 11.5 Å². The van der Waals surface area contributed by atoms with Gasteiger partial charge in [0.15, 0.2) is 5.78 Å². The molecule has 1 N–H and O–H groups in total. The third-order valence-electron chi connectivity index (χ3n) is 3.68. The lowest BCUT2D eigenvalue weighted by Crippen LogP contribution is -2.03. The molecule has 3 aromatic rings. The molecule has 23 heavy (non-hydrogen) atoms. The Morgan fingerprint density at radius 1 is 0.870 bits per heavy atom. The summed E-state index contributed by atoms with van der Waals surface area (Å²) in [5.74, 6) is 0.669. The van der Waals surface area contributed by atoms with E-state index in [1.165, 1.54) is 6.07 Å². The average molecular weight is 304 g/mol. The van der Waals surface area contributed by atoms with E-state index in [4.69, 9.17) is 4.74 Å². The molecule has 0 atom stereocenters. The molecule has 0 aliphatic rings. The van der Waals surface area contributed by atoms with E-state index in [9.17, 15) is 9.90 Å². The van der Waals surface area contributed by atoms with Crippen LogP contribution in [-0.2, 0) is 0 Å². The Hall–Kier alpha value is -3.07. The number of ketones is 1. The second kappa shape index (κ2) is 6.36. The van der Waals surface area contributed by atoms with Crippen LogP contribution in [0.1, 0.15) is 15.9 Å². The summed E-state index contributed by atoms with van der Waals surface area (Å²) >= 11 is 0. The highest BCUT2D eigenvalue weighted by atomic mass is 16.5. The van der Waals surface area contributed by atoms with Crippen molar-refractivity contribution in [1.29, 1.82) is 0 Å². The molecule has 3 heteroatoms. The van der Waals surface area contributed by atoms with Gasteiger partial charge in [0.1, 0.15) is 11.5 Å². The summed E-state index contributed by atoms with van der Waals surface area (Å²) in [5, 5.41) is 9.86. The van der Waals surface area contributed by atoms with Crippen LogP contribution in [0.5, 0.6) is 11.5 Å². The van der Waals surface area contributed by atoms with Crippen LogP contribution in [0.2, 0.25) is 0 Å². The monoisotopic (exact) mass is 304 g/mol. The smallest absolute Gasteiger partial charge is 0.193 e. The quantitative estimate of drug-likeness (QED) is 0.731. The third-order valence-corrected chi connectivity index (χ3v) is 3.68. The number of hydrogen-bond donors (Lipinski definition) is 1. The molecule has 3 rings (SSSR count). The lowest BCUT2D eigenvalue weighted by molar-refractivity contribution is 0.103. The van der Waals surface area contributed by atoms with Crippen LogP contribution in [0, 0.1) is 0 Å². The van der Waals surface area contributed by atoms with Gasteiger partial charge in [-0.25, -0.2) is 0 Å². The summed E-state index contributed by atoms with van der Waals surface area (Å²) in [4.78, 5) is 12.8. The topological polar surface area (TPSA) is 46.5 Å². The third kappa shape index (κ3) is 2.94. The highest BCUT2D eigenvalue weighted by Crippen LogP contribution is 2.35. The second-order valence-corrected chi connectivity index (χ2v) is 5.13. The minimum atomic E-state index is -0.0912. The van der Waals surface area contributed by atoms with Crippen molar-refractivity contribution in [2.75, 3.05) is 7.11 Å². The van der Waals surface area contributed by atoms with Crippen molar-refractivity contribution in [2.45, 2.75) is 0 Å². The molecule has 3 nitrogen and oxygen atoms in total. The molecule has 0 heterocycles. The maximum absolute atomic E-state index is 12.8. The molecule has 0 aliphatic carbocycles. The number of phenolic OH excluding ortho intramolecular Hbond substituents is 1. The zero-order chi connectivity index (χ0) is 16.2. The molecule has 3 aromatic carbocycles. The van der Waals surface area contributed by atoms with Gasteiger partial charge in [0.25, 0.3) is 0 Å². The Balaban J connectivity index is 2.18. The predicted octanol–water partition coefficient (Wildman–Crippen LogP) is 4.30. The van der Waals surface area contributed by atoms with Crippen molar-refractivity contribution >= 4 is 5.78 Å². The summed E-state index contributed by atoms with van der Waals surface area (Å²) in [6.45, 7) is 0. The van der Waals surface area contributed by atoms with Gasteiger partial charge in [0, 0.05) is 22.3 Å². The number of carbonyl (C=O) groups is 1. The molecule has 0 aromatic heterocycles. The maximum Gasteiger partial charge on any atom is 0.193 e. The van der Waals surface area contributed by atoms with Crippen molar-refractivity contribution in [3.63, 3.8) is 0 Å². The van der Waals surface area contributed by atoms with Gasteiger partial charge >= 0.3 is 0 Å². The standard InChI is InChI=1S/C20H16O3/c1-23-19-10-6-5-9-16(19)18-13-15(21)11-12-17(18)20(22)14-7-3-2-4-8-14/h2-13,21H,1H3. The SMILES string of the molecule is COc1ccccc1-c1cc(O)ccc1C(=O)c1ccccc1. The van der Waals surface area contributed by atoms with Gasteiger partial charge in [-0.2, -0.15) is 0 Å². The molecule has 0 saturated carbocycles. The minimum absolute atomic E-state index is 0.0912. The molecular formula is C20H16O3. The van der Waals surface area contributed by atoms with Gasteiger partial charge in [0.2, 0.25) is 0 Å². The Morgan fingerprint density at radius 2 is 1.57 bits per heavy atom. The number of phenols is 1. The normalized spacial score (nSPS) is 10.3. The molecule has 0 fully saturated rings. The van der Waals surface area contributed by atoms with Crippen molar-refractivity contribution in [2.24, 2.45) is 0 Å². The first kappa shape index (κ1) is 14.9. The summed E-state index contributed by atoms with van der Waals surface area (Å²) in [6, 6.07) is 21.3. The van der Waals surface area contributed by atoms with Gasteiger partial charge in [-0.3, -0.25) is 4.79 Å². The summed E-state index contributed by atoms with van der Waals surface area (Å²) in [5.41, 5.74) is 2.55. The fraction of sp³-hybridized carbons (Fsp3) is 0.0500. The number of hydrogen-bond acceptors (Lipinski definition) is 3. The Morgan fingerprint density at radius 3 is 2.30 bits per heavy atom. The van der Waals surface area contributed by atoms with Gasteiger partial charge in [-0.1, -0.05) is 48.5 Å². The lowest BCUT2D eigenvalue weighted by atomic mass is 9.93. The number of para-hydroxylation sites is 1. The van der Waals surface area contributed by atoms with E-state index in [1.807, 2.05) is 42.5 Å². The Labute approximate surface area is 134 Å². The minimum Gasteiger partial charge on any atom is -0.508 e. The molecular weight excluding hydrogens is 288 g/mol. The van der Waals surface area contributed by atoms with E-state index in [0.29, 0.717) is 22.4 Å². The van der Waals surface area contributed by atoms with E-state index in [1.54, 1.807) is 31.4 Å². The molecule has 0 spiro atoms. The number of carbonyl (C=O) groups excluding carboxylic acids is 1. The highest BCUT2D eigenvalue weighted by molar-refractivity contribution is 6.13. The number of aromatic hydroxyl groups is 1. The average Bonchev–Trinajstić information content (AvgIpc) is 2.61. The zero-order valence-corrected chi connectivity index (χ0v) is 12.7. The van der Waals surface area contributed by atoms with E-state index in [0.717, 1.165) is 5.56 Å². The summed E-state index contributed by atoms with van der Waals surface area (Å²) in [7, 11) is 1.58. The molecule has 0 amide bonds. The van der Waals surface area contributed by atoms with Gasteiger partial charge in [-0.15, -0.1) is 0 Å². The molecule has 0 radical (unpaired) electrons. The van der Waals surface area contributed by atoms with E-state index >= 15 is 0 Å². The highest BCUT2D eigenvalue weighted by Gasteiger charge is 2.17. The first-order valence-corrected chi connectivity index (χ1v) is 7.27. The van der Waals surface area contributed by atoms with Crippen LogP contribution in [0.4, 0.5) is 0 Å². The van der Waals surface area contributed by atoms with Crippen molar-refractivity contribution < 1.29 is 14.6 Å². The van der Waals surface area contributed by atoms with Crippen molar-refractivity contribution in [3.8, 4) is 22.6 Å². The van der Waals surface area contributed by atoms with E-state index in [2.05, 4.69) is 0 Å². The molecule has 0 aliphatic heterocycles.